The third-order valence-electron chi connectivity index (χ3n) is 10.9. The van der Waals surface area contributed by atoms with Crippen molar-refractivity contribution in [3.63, 3.8) is 0 Å². The second-order valence-corrected chi connectivity index (χ2v) is 15.4. The first-order valence-corrected chi connectivity index (χ1v) is 19.5. The Morgan fingerprint density at radius 3 is 1.10 bits per heavy atom. The van der Waals surface area contributed by atoms with E-state index in [1.165, 1.54) is 11.3 Å². The van der Waals surface area contributed by atoms with Crippen LogP contribution in [0.25, 0.3) is 87.7 Å². The standard InChI is InChI=1S/C45H18B11N3S/c46-30-25(27-31(47)36(52)39(55)37(53)32(27)48)26-28-33(49)34(50)29(35(51)42(28)60-41(26)40(56)38(30)54)45-58-43(23-15-11-21(12-16-23)19-7-3-1-4-8-19)57-44(59-45)24-17-13-22(14-18-24)20-9-5-2-6-10-20/h1-18H. The molecule has 0 bridgehead atoms. The lowest BCUT2D eigenvalue weighted by atomic mass is 9.58. The van der Waals surface area contributed by atoms with Gasteiger partial charge in [-0.2, -0.15) is 0 Å². The maximum atomic E-state index is 7.14. The molecule has 2 heterocycles. The topological polar surface area (TPSA) is 38.7 Å². The Bertz CT molecular complexity index is 3060. The fourth-order valence-corrected chi connectivity index (χ4v) is 8.88. The van der Waals surface area contributed by atoms with E-state index < -0.39 is 0 Å². The zero-order chi connectivity index (χ0) is 42.1. The van der Waals surface area contributed by atoms with Gasteiger partial charge in [-0.05, 0) is 38.8 Å². The van der Waals surface area contributed by atoms with Crippen LogP contribution in [0.15, 0.2) is 109 Å². The minimum atomic E-state index is 0.0272. The highest BCUT2D eigenvalue weighted by Crippen LogP contribution is 2.37. The van der Waals surface area contributed by atoms with Gasteiger partial charge >= 0.3 is 0 Å². The molecule has 0 saturated carbocycles. The molecule has 0 aliphatic rings. The van der Waals surface area contributed by atoms with Crippen molar-refractivity contribution in [2.75, 3.05) is 0 Å². The maximum absolute atomic E-state index is 7.14. The summed E-state index contributed by atoms with van der Waals surface area (Å²) in [6.45, 7) is 0. The van der Waals surface area contributed by atoms with Crippen LogP contribution in [0.2, 0.25) is 0 Å². The van der Waals surface area contributed by atoms with Gasteiger partial charge in [0, 0.05) is 31.5 Å². The van der Waals surface area contributed by atoms with Crippen molar-refractivity contribution in [3.05, 3.63) is 109 Å². The molecule has 0 atom stereocenters. The van der Waals surface area contributed by atoms with Crippen LogP contribution in [-0.2, 0) is 0 Å². The Kier molecular flexibility index (Phi) is 10.3. The summed E-state index contributed by atoms with van der Waals surface area (Å²) in [4.78, 5) is 14.9. The molecule has 0 saturated heterocycles. The summed E-state index contributed by atoms with van der Waals surface area (Å²) in [5.74, 6) is 0.995. The molecule has 15 heteroatoms. The Balaban J connectivity index is 1.29. The van der Waals surface area contributed by atoms with E-state index in [0.29, 0.717) is 42.9 Å². The number of rotatable bonds is 6. The van der Waals surface area contributed by atoms with Gasteiger partial charge in [0.15, 0.2) is 17.5 Å². The molecule has 0 aliphatic heterocycles. The summed E-state index contributed by atoms with van der Waals surface area (Å²) in [7, 11) is 73.0. The molecular formula is C45H18B11N3S. The van der Waals surface area contributed by atoms with Crippen molar-refractivity contribution >= 4 is 178 Å². The van der Waals surface area contributed by atoms with Gasteiger partial charge in [0.05, 0.1) is 0 Å². The predicted octanol–water partition coefficient (Wildman–Crippen LogP) is -1.03. The summed E-state index contributed by atoms with van der Waals surface area (Å²) >= 11 is 1.24. The van der Waals surface area contributed by atoms with E-state index in [0.717, 1.165) is 33.4 Å². The third kappa shape index (κ3) is 6.48. The normalized spacial score (nSPS) is 11.4. The Labute approximate surface area is 367 Å². The number of nitrogens with zero attached hydrogens (tertiary/aromatic N) is 3. The second-order valence-electron chi connectivity index (χ2n) is 14.4. The van der Waals surface area contributed by atoms with Crippen LogP contribution in [0.3, 0.4) is 0 Å². The quantitative estimate of drug-likeness (QED) is 0.205. The lowest BCUT2D eigenvalue weighted by molar-refractivity contribution is 1.08. The second kappa shape index (κ2) is 15.5. The van der Waals surface area contributed by atoms with Crippen molar-refractivity contribution in [2.24, 2.45) is 0 Å². The van der Waals surface area contributed by atoms with Crippen LogP contribution in [-0.4, -0.2) is 101 Å². The molecule has 9 aromatic rings. The van der Waals surface area contributed by atoms with Crippen LogP contribution in [0, 0.1) is 0 Å². The highest BCUT2D eigenvalue weighted by atomic mass is 32.1. The summed E-state index contributed by atoms with van der Waals surface area (Å²) in [6, 6.07) is 36.1. The molecule has 60 heavy (non-hydrogen) atoms. The Hall–Kier alpha value is -5.52. The molecule has 7 aromatic carbocycles. The molecular weight excluding hydrogens is 734 g/mol. The third-order valence-corrected chi connectivity index (χ3v) is 12.2. The molecule has 0 N–H and O–H groups in total. The van der Waals surface area contributed by atoms with Crippen LogP contribution in [0.5, 0.6) is 0 Å². The number of fused-ring (bicyclic) bond motifs is 3. The van der Waals surface area contributed by atoms with E-state index >= 15 is 0 Å². The molecule has 0 amide bonds. The molecule has 3 nitrogen and oxygen atoms in total. The van der Waals surface area contributed by atoms with Gasteiger partial charge in [0.2, 0.25) is 0 Å². The lowest BCUT2D eigenvalue weighted by Crippen LogP contribution is -2.56. The molecule has 22 radical (unpaired) electrons. The van der Waals surface area contributed by atoms with Gasteiger partial charge in [0.25, 0.3) is 0 Å². The van der Waals surface area contributed by atoms with Crippen molar-refractivity contribution in [1.82, 2.24) is 15.0 Å². The molecule has 2 aromatic heterocycles. The first-order chi connectivity index (χ1) is 28.8. The fourth-order valence-electron chi connectivity index (χ4n) is 7.62. The van der Waals surface area contributed by atoms with Gasteiger partial charge in [-0.1, -0.05) is 147 Å². The first-order valence-electron chi connectivity index (χ1n) is 18.6. The van der Waals surface area contributed by atoms with Crippen molar-refractivity contribution < 1.29 is 0 Å². The maximum Gasteiger partial charge on any atom is 0.164 e. The SMILES string of the molecule is [B]c1c([B])c([B])c(-c2c([B])c([B])c([B])c3sc4c([B])c(-c5nc(-c6ccc(-c7ccccc7)cc6)nc(-c6ccc(-c7ccccc7)cc6)n5)c([B])c([B])c4c23)c([B])c1[B]. The van der Waals surface area contributed by atoms with Crippen molar-refractivity contribution in [3.8, 4) is 67.5 Å². The smallest absolute Gasteiger partial charge is 0.164 e. The number of thiophene rings is 1. The first kappa shape index (κ1) is 39.9. The highest BCUT2D eigenvalue weighted by molar-refractivity contribution is 7.28. The molecule has 9 rings (SSSR count). The van der Waals surface area contributed by atoms with E-state index in [1.807, 2.05) is 84.9 Å². The van der Waals surface area contributed by atoms with E-state index in [4.69, 9.17) is 101 Å². The van der Waals surface area contributed by atoms with Gasteiger partial charge in [-0.3, -0.25) is 0 Å². The summed E-state index contributed by atoms with van der Waals surface area (Å²) in [5, 5.41) is 0.898. The minimum Gasteiger partial charge on any atom is -0.208 e. The van der Waals surface area contributed by atoms with Gasteiger partial charge in [-0.25, -0.2) is 15.0 Å². The van der Waals surface area contributed by atoms with Gasteiger partial charge in [-0.15, -0.1) is 33.2 Å². The van der Waals surface area contributed by atoms with E-state index in [9.17, 15) is 0 Å². The van der Waals surface area contributed by atoms with Crippen LogP contribution in [0.4, 0.5) is 0 Å². The predicted molar refractivity (Wildman–Crippen MR) is 265 cm³/mol. The van der Waals surface area contributed by atoms with E-state index in [-0.39, 0.29) is 71.5 Å². The van der Waals surface area contributed by atoms with Crippen LogP contribution >= 0.6 is 11.3 Å². The zero-order valence-electron chi connectivity index (χ0n) is 32.0. The number of aromatic nitrogens is 3. The fraction of sp³-hybridized carbons (Fsp3) is 0. The molecule has 0 spiro atoms. The lowest BCUT2D eigenvalue weighted by Gasteiger charge is -2.25. The zero-order valence-corrected chi connectivity index (χ0v) is 32.8. The average molecular weight is 752 g/mol. The molecule has 252 valence electrons. The molecule has 0 fully saturated rings. The largest absolute Gasteiger partial charge is 0.208 e. The molecule has 0 aliphatic carbocycles. The molecule has 0 unspecified atom stereocenters. The average Bonchev–Trinajstić information content (AvgIpc) is 3.69. The monoisotopic (exact) mass is 753 g/mol. The van der Waals surface area contributed by atoms with Gasteiger partial charge < -0.3 is 0 Å². The van der Waals surface area contributed by atoms with E-state index in [1.54, 1.807) is 0 Å². The van der Waals surface area contributed by atoms with E-state index in [2.05, 4.69) is 24.3 Å². The Morgan fingerprint density at radius 2 is 0.617 bits per heavy atom. The van der Waals surface area contributed by atoms with Gasteiger partial charge in [0.1, 0.15) is 86.3 Å². The van der Waals surface area contributed by atoms with Crippen molar-refractivity contribution in [1.29, 1.82) is 0 Å². The summed E-state index contributed by atoms with van der Waals surface area (Å²) in [5.41, 5.74) is 7.59. The van der Waals surface area contributed by atoms with Crippen molar-refractivity contribution in [2.45, 2.75) is 0 Å². The summed E-state index contributed by atoms with van der Waals surface area (Å²) in [6.07, 6.45) is 0. The number of hydrogen-bond acceptors (Lipinski definition) is 4. The minimum absolute atomic E-state index is 0.0272. The summed E-state index contributed by atoms with van der Waals surface area (Å²) < 4.78 is 1.02. The number of hydrogen-bond donors (Lipinski definition) is 0. The Morgan fingerprint density at radius 1 is 0.267 bits per heavy atom. The van der Waals surface area contributed by atoms with Crippen LogP contribution < -0.4 is 60.1 Å². The van der Waals surface area contributed by atoms with Crippen LogP contribution in [0.1, 0.15) is 0 Å². The number of benzene rings is 7. The highest BCUT2D eigenvalue weighted by Gasteiger charge is 2.26.